The summed E-state index contributed by atoms with van der Waals surface area (Å²) < 4.78 is 24.3. The van der Waals surface area contributed by atoms with Gasteiger partial charge in [0.15, 0.2) is 0 Å². The third-order valence-electron chi connectivity index (χ3n) is 4.07. The van der Waals surface area contributed by atoms with Crippen LogP contribution in [0.15, 0.2) is 78.5 Å². The van der Waals surface area contributed by atoms with E-state index in [4.69, 9.17) is 4.74 Å². The number of nitrogens with zero attached hydrogens (tertiary/aromatic N) is 2. The molecule has 27 heavy (non-hydrogen) atoms. The van der Waals surface area contributed by atoms with Crippen molar-refractivity contribution in [1.29, 1.82) is 0 Å². The Morgan fingerprint density at radius 1 is 1.15 bits per heavy atom. The van der Waals surface area contributed by atoms with Gasteiger partial charge in [-0.15, -0.1) is 0 Å². The van der Waals surface area contributed by atoms with E-state index >= 15 is 0 Å². The molecule has 3 aromatic rings. The van der Waals surface area contributed by atoms with Gasteiger partial charge in [0.25, 0.3) is 0 Å². The van der Waals surface area contributed by atoms with Crippen LogP contribution in [0, 0.1) is 5.82 Å². The van der Waals surface area contributed by atoms with Crippen LogP contribution in [0.5, 0.6) is 5.75 Å². The summed E-state index contributed by atoms with van der Waals surface area (Å²) in [5.74, 6) is 1.76. The molecular formula is C19H14FN5OS. The van der Waals surface area contributed by atoms with E-state index in [0.29, 0.717) is 17.0 Å². The molecule has 0 saturated heterocycles. The van der Waals surface area contributed by atoms with Gasteiger partial charge in [-0.05, 0) is 48.5 Å². The van der Waals surface area contributed by atoms with Crippen LogP contribution in [0.4, 0.5) is 16.0 Å². The van der Waals surface area contributed by atoms with E-state index in [2.05, 4.69) is 20.0 Å². The summed E-state index contributed by atoms with van der Waals surface area (Å²) in [5.41, 5.74) is 3.24. The first kappa shape index (κ1) is 15.8. The van der Waals surface area contributed by atoms with Gasteiger partial charge in [-0.2, -0.15) is 0 Å². The van der Waals surface area contributed by atoms with Gasteiger partial charge in [0.05, 0.1) is 28.9 Å². The van der Waals surface area contributed by atoms with Crippen LogP contribution in [0.3, 0.4) is 0 Å². The monoisotopic (exact) mass is 379 g/mol. The molecule has 0 fully saturated rings. The van der Waals surface area contributed by atoms with E-state index in [1.165, 1.54) is 24.3 Å². The molecule has 8 heteroatoms. The number of imidazole rings is 1. The number of allylic oxidation sites excluding steroid dienone is 2. The molecule has 0 spiro atoms. The molecule has 6 nitrogen and oxygen atoms in total. The van der Waals surface area contributed by atoms with Crippen LogP contribution in [0.25, 0.3) is 11.0 Å². The van der Waals surface area contributed by atoms with Crippen LogP contribution in [-0.4, -0.2) is 14.3 Å². The maximum atomic E-state index is 13.3. The van der Waals surface area contributed by atoms with E-state index in [9.17, 15) is 4.39 Å². The summed E-state index contributed by atoms with van der Waals surface area (Å²) in [6.45, 7) is 0. The molecule has 0 unspecified atom stereocenters. The number of rotatable bonds is 4. The first-order valence-corrected chi connectivity index (χ1v) is 9.02. The number of benzene rings is 2. The lowest BCUT2D eigenvalue weighted by atomic mass is 10.3. The molecule has 0 atom stereocenters. The number of hydrogen-bond donors (Lipinski definition) is 3. The molecule has 3 N–H and O–H groups in total. The highest BCUT2D eigenvalue weighted by Gasteiger charge is 2.16. The highest BCUT2D eigenvalue weighted by molar-refractivity contribution is 7.95. The molecular weight excluding hydrogens is 365 g/mol. The van der Waals surface area contributed by atoms with Crippen molar-refractivity contribution in [2.75, 3.05) is 5.32 Å². The fraction of sp³-hybridized carbons (Fsp3) is 0. The van der Waals surface area contributed by atoms with Gasteiger partial charge in [-0.3, -0.25) is 4.31 Å². The fourth-order valence-corrected chi connectivity index (χ4v) is 3.42. The SMILES string of the molecule is Fc1ccc2nc(Nc3ccc(OC4=CC5=CNSN5C=C4)cc3)[nH]c2c1. The van der Waals surface area contributed by atoms with Crippen molar-refractivity contribution in [2.45, 2.75) is 0 Å². The molecule has 2 aliphatic heterocycles. The number of hydrogen-bond acceptors (Lipinski definition) is 6. The summed E-state index contributed by atoms with van der Waals surface area (Å²) in [6, 6.07) is 12.0. The zero-order valence-corrected chi connectivity index (χ0v) is 14.8. The zero-order valence-electron chi connectivity index (χ0n) is 13.9. The number of aromatic nitrogens is 2. The largest absolute Gasteiger partial charge is 0.457 e. The minimum absolute atomic E-state index is 0.295. The second kappa shape index (κ2) is 6.40. The Morgan fingerprint density at radius 3 is 2.93 bits per heavy atom. The quantitative estimate of drug-likeness (QED) is 0.578. The smallest absolute Gasteiger partial charge is 0.205 e. The molecule has 0 radical (unpaired) electrons. The number of aromatic amines is 1. The lowest BCUT2D eigenvalue weighted by Crippen LogP contribution is -2.08. The average molecular weight is 379 g/mol. The van der Waals surface area contributed by atoms with Gasteiger partial charge in [0.1, 0.15) is 17.3 Å². The Labute approximate surface area is 158 Å². The average Bonchev–Trinajstić information content (AvgIpc) is 3.28. The summed E-state index contributed by atoms with van der Waals surface area (Å²) in [4.78, 5) is 7.45. The highest BCUT2D eigenvalue weighted by Crippen LogP contribution is 2.29. The standard InChI is InChI=1S/C19H14FN5OS/c20-12-1-6-17-18(9-12)24-19(23-17)22-13-2-4-15(5-3-13)26-16-7-8-25-14(10-16)11-21-27-25/h1-11,21H,(H2,22,23,24). The molecule has 2 aliphatic rings. The second-order valence-electron chi connectivity index (χ2n) is 5.96. The second-order valence-corrected chi connectivity index (χ2v) is 6.78. The van der Waals surface area contributed by atoms with E-state index < -0.39 is 0 Å². The topological polar surface area (TPSA) is 65.2 Å². The van der Waals surface area contributed by atoms with Crippen LogP contribution in [0.2, 0.25) is 0 Å². The van der Waals surface area contributed by atoms with Crippen molar-refractivity contribution in [2.24, 2.45) is 0 Å². The Hall–Kier alpha value is -3.39. The summed E-state index contributed by atoms with van der Waals surface area (Å²) in [5, 5.41) is 3.17. The maximum absolute atomic E-state index is 13.3. The zero-order chi connectivity index (χ0) is 18.2. The van der Waals surface area contributed by atoms with Crippen molar-refractivity contribution >= 4 is 34.8 Å². The third-order valence-corrected chi connectivity index (χ3v) is 4.83. The van der Waals surface area contributed by atoms with Crippen LogP contribution < -0.4 is 14.8 Å². The molecule has 3 heterocycles. The molecule has 0 saturated carbocycles. The lowest BCUT2D eigenvalue weighted by Gasteiger charge is -2.17. The van der Waals surface area contributed by atoms with Gasteiger partial charge in [-0.1, -0.05) is 0 Å². The van der Waals surface area contributed by atoms with Crippen molar-refractivity contribution in [3.05, 3.63) is 84.3 Å². The Kier molecular flexibility index (Phi) is 3.75. The third kappa shape index (κ3) is 3.22. The lowest BCUT2D eigenvalue weighted by molar-refractivity contribution is 0.439. The predicted octanol–water partition coefficient (Wildman–Crippen LogP) is 4.55. The molecule has 134 valence electrons. The fourth-order valence-electron chi connectivity index (χ4n) is 2.80. The van der Waals surface area contributed by atoms with Crippen LogP contribution in [-0.2, 0) is 0 Å². The summed E-state index contributed by atoms with van der Waals surface area (Å²) >= 11 is 1.51. The van der Waals surface area contributed by atoms with Gasteiger partial charge >= 0.3 is 0 Å². The normalized spacial score (nSPS) is 15.2. The Morgan fingerprint density at radius 2 is 2.04 bits per heavy atom. The molecule has 0 aliphatic carbocycles. The van der Waals surface area contributed by atoms with Gasteiger partial charge in [0.2, 0.25) is 5.95 Å². The number of halogens is 1. The van der Waals surface area contributed by atoms with E-state index in [-0.39, 0.29) is 5.82 Å². The maximum Gasteiger partial charge on any atom is 0.205 e. The molecule has 1 aromatic heterocycles. The number of anilines is 2. The minimum Gasteiger partial charge on any atom is -0.457 e. The predicted molar refractivity (Wildman–Crippen MR) is 104 cm³/mol. The summed E-state index contributed by atoms with van der Waals surface area (Å²) in [7, 11) is 0. The van der Waals surface area contributed by atoms with Gasteiger partial charge in [-0.25, -0.2) is 9.37 Å². The van der Waals surface area contributed by atoms with Crippen LogP contribution >= 0.6 is 12.1 Å². The van der Waals surface area contributed by atoms with Crippen molar-refractivity contribution in [1.82, 2.24) is 19.0 Å². The van der Waals surface area contributed by atoms with Gasteiger partial charge in [0, 0.05) is 24.2 Å². The van der Waals surface area contributed by atoms with Gasteiger partial charge < -0.3 is 19.8 Å². The van der Waals surface area contributed by atoms with Crippen molar-refractivity contribution in [3.63, 3.8) is 0 Å². The first-order chi connectivity index (χ1) is 13.2. The minimum atomic E-state index is -0.295. The Balaban J connectivity index is 1.29. The van der Waals surface area contributed by atoms with E-state index in [1.54, 1.807) is 6.07 Å². The molecule has 2 aromatic carbocycles. The number of H-pyrrole nitrogens is 1. The number of nitrogens with one attached hydrogen (secondary N) is 3. The van der Waals surface area contributed by atoms with Crippen molar-refractivity contribution in [3.8, 4) is 5.75 Å². The highest BCUT2D eigenvalue weighted by atomic mass is 32.2. The molecule has 5 rings (SSSR count). The summed E-state index contributed by atoms with van der Waals surface area (Å²) in [6.07, 6.45) is 7.75. The Bertz CT molecular complexity index is 1100. The van der Waals surface area contributed by atoms with Crippen LogP contribution in [0.1, 0.15) is 0 Å². The van der Waals surface area contributed by atoms with E-state index in [0.717, 1.165) is 22.9 Å². The first-order valence-electron chi connectivity index (χ1n) is 8.25. The van der Waals surface area contributed by atoms with E-state index in [1.807, 2.05) is 53.1 Å². The van der Waals surface area contributed by atoms with Crippen molar-refractivity contribution < 1.29 is 9.13 Å². The number of ether oxygens (including phenoxy) is 1. The molecule has 0 bridgehead atoms. The number of fused-ring (bicyclic) bond motifs is 2. The molecule has 0 amide bonds.